The smallest absolute Gasteiger partial charge is 0.330 e. The molecule has 0 bridgehead atoms. The van der Waals surface area contributed by atoms with Crippen molar-refractivity contribution < 1.29 is 19.1 Å². The third-order valence-electron chi connectivity index (χ3n) is 1.14. The summed E-state index contributed by atoms with van der Waals surface area (Å²) < 4.78 is 9.38. The van der Waals surface area contributed by atoms with Crippen LogP contribution in [0.2, 0.25) is 0 Å². The first-order valence-electron chi connectivity index (χ1n) is 4.08. The summed E-state index contributed by atoms with van der Waals surface area (Å²) in [5.74, 6) is -0.803. The molecule has 0 saturated heterocycles. The lowest BCUT2D eigenvalue weighted by atomic mass is 10.3. The number of esters is 2. The molecule has 0 N–H and O–H groups in total. The van der Waals surface area contributed by atoms with Crippen LogP contribution in [-0.2, 0) is 19.1 Å². The largest absolute Gasteiger partial charge is 0.463 e. The third-order valence-corrected chi connectivity index (χ3v) is 1.14. The number of carbonyl (C=O) groups is 2. The van der Waals surface area contributed by atoms with Gasteiger partial charge >= 0.3 is 11.9 Å². The van der Waals surface area contributed by atoms with Gasteiger partial charge in [0.15, 0.2) is 0 Å². The first-order valence-corrected chi connectivity index (χ1v) is 4.08. The highest BCUT2D eigenvalue weighted by Gasteiger charge is 2.01. The van der Waals surface area contributed by atoms with Gasteiger partial charge in [0.05, 0.1) is 6.61 Å². The van der Waals surface area contributed by atoms with Gasteiger partial charge in [-0.3, -0.25) is 4.79 Å². The van der Waals surface area contributed by atoms with Gasteiger partial charge in [-0.25, -0.2) is 4.79 Å². The Bertz CT molecular complexity index is 208. The second-order valence-corrected chi connectivity index (χ2v) is 2.43. The van der Waals surface area contributed by atoms with Gasteiger partial charge in [-0.1, -0.05) is 0 Å². The van der Waals surface area contributed by atoms with Crippen LogP contribution in [0, 0.1) is 0 Å². The maximum Gasteiger partial charge on any atom is 0.330 e. The highest BCUT2D eigenvalue weighted by Crippen LogP contribution is 1.94. The molecule has 0 rings (SSSR count). The molecule has 0 aromatic rings. The highest BCUT2D eigenvalue weighted by atomic mass is 16.5. The van der Waals surface area contributed by atoms with Crippen molar-refractivity contribution in [2.45, 2.75) is 26.9 Å². The number of hydrogen-bond acceptors (Lipinski definition) is 4. The summed E-state index contributed by atoms with van der Waals surface area (Å²) in [4.78, 5) is 21.2. The van der Waals surface area contributed by atoms with Gasteiger partial charge in [0, 0.05) is 13.0 Å². The Morgan fingerprint density at radius 2 is 2.08 bits per heavy atom. The van der Waals surface area contributed by atoms with Crippen molar-refractivity contribution in [2.75, 3.05) is 6.61 Å². The standard InChI is InChI=1S/C9H14O4/c1-4-12-9(11)6-5-7(2)13-8(3)10/h5-7H,4H2,1-3H3/b6-5+/t7-/m0/s1. The minimum absolute atomic E-state index is 0.338. The van der Waals surface area contributed by atoms with E-state index in [-0.39, 0.29) is 5.97 Å². The van der Waals surface area contributed by atoms with Crippen molar-refractivity contribution in [3.63, 3.8) is 0 Å². The van der Waals surface area contributed by atoms with Crippen LogP contribution in [0.25, 0.3) is 0 Å². The Kier molecular flexibility index (Phi) is 5.59. The van der Waals surface area contributed by atoms with Crippen LogP contribution in [0.4, 0.5) is 0 Å². The molecule has 0 amide bonds. The summed E-state index contributed by atoms with van der Waals surface area (Å²) in [6.45, 7) is 5.04. The van der Waals surface area contributed by atoms with Gasteiger partial charge in [-0.15, -0.1) is 0 Å². The van der Waals surface area contributed by atoms with E-state index in [9.17, 15) is 9.59 Å². The Morgan fingerprint density at radius 1 is 1.46 bits per heavy atom. The van der Waals surface area contributed by atoms with Gasteiger partial charge in [0.25, 0.3) is 0 Å². The maximum atomic E-state index is 10.8. The van der Waals surface area contributed by atoms with Crippen molar-refractivity contribution in [1.82, 2.24) is 0 Å². The number of carbonyl (C=O) groups excluding carboxylic acids is 2. The molecule has 0 spiro atoms. The van der Waals surface area contributed by atoms with E-state index in [0.717, 1.165) is 0 Å². The Balaban J connectivity index is 3.82. The van der Waals surface area contributed by atoms with Crippen LogP contribution in [0.5, 0.6) is 0 Å². The molecule has 1 atom stereocenters. The molecule has 13 heavy (non-hydrogen) atoms. The van der Waals surface area contributed by atoms with Gasteiger partial charge in [-0.2, -0.15) is 0 Å². The average Bonchev–Trinajstić information content (AvgIpc) is 2.00. The molecular formula is C9H14O4. The fourth-order valence-corrected chi connectivity index (χ4v) is 0.706. The minimum Gasteiger partial charge on any atom is -0.463 e. The van der Waals surface area contributed by atoms with Gasteiger partial charge in [-0.05, 0) is 19.9 Å². The average molecular weight is 186 g/mol. The van der Waals surface area contributed by atoms with Crippen LogP contribution in [-0.4, -0.2) is 24.6 Å². The lowest BCUT2D eigenvalue weighted by Gasteiger charge is -2.05. The predicted molar refractivity (Wildman–Crippen MR) is 47.0 cm³/mol. The molecule has 0 fully saturated rings. The Labute approximate surface area is 77.5 Å². The second kappa shape index (κ2) is 6.22. The number of ether oxygens (including phenoxy) is 2. The molecule has 0 aliphatic rings. The van der Waals surface area contributed by atoms with Crippen molar-refractivity contribution in [3.8, 4) is 0 Å². The van der Waals surface area contributed by atoms with E-state index in [1.807, 2.05) is 0 Å². The zero-order valence-corrected chi connectivity index (χ0v) is 8.07. The SMILES string of the molecule is CCOC(=O)/C=C/[C@H](C)OC(C)=O. The molecule has 0 saturated carbocycles. The monoisotopic (exact) mass is 186 g/mol. The van der Waals surface area contributed by atoms with Crippen LogP contribution in [0.1, 0.15) is 20.8 Å². The number of hydrogen-bond donors (Lipinski definition) is 0. The molecular weight excluding hydrogens is 172 g/mol. The molecule has 74 valence electrons. The van der Waals surface area contributed by atoms with Gasteiger partial charge in [0.1, 0.15) is 6.10 Å². The molecule has 0 heterocycles. The first kappa shape index (κ1) is 11.7. The van der Waals surface area contributed by atoms with E-state index in [1.54, 1.807) is 13.8 Å². The summed E-state index contributed by atoms with van der Waals surface area (Å²) in [7, 11) is 0. The second-order valence-electron chi connectivity index (χ2n) is 2.43. The lowest BCUT2D eigenvalue weighted by Crippen LogP contribution is -2.10. The van der Waals surface area contributed by atoms with Crippen molar-refractivity contribution in [2.24, 2.45) is 0 Å². The minimum atomic E-state index is -0.429. The van der Waals surface area contributed by atoms with Gasteiger partial charge in [0.2, 0.25) is 0 Å². The van der Waals surface area contributed by atoms with E-state index >= 15 is 0 Å². The summed E-state index contributed by atoms with van der Waals surface area (Å²) in [5.41, 5.74) is 0. The quantitative estimate of drug-likeness (QED) is 0.486. The molecule has 0 radical (unpaired) electrons. The molecule has 0 aromatic carbocycles. The van der Waals surface area contributed by atoms with Crippen molar-refractivity contribution in [1.29, 1.82) is 0 Å². The van der Waals surface area contributed by atoms with Crippen LogP contribution in [0.15, 0.2) is 12.2 Å². The fourth-order valence-electron chi connectivity index (χ4n) is 0.706. The van der Waals surface area contributed by atoms with Crippen LogP contribution < -0.4 is 0 Å². The van der Waals surface area contributed by atoms with Gasteiger partial charge < -0.3 is 9.47 Å². The molecule has 0 aromatic heterocycles. The summed E-state index contributed by atoms with van der Waals surface area (Å²) in [6.07, 6.45) is 2.32. The summed E-state index contributed by atoms with van der Waals surface area (Å²) >= 11 is 0. The van der Waals surface area contributed by atoms with Crippen LogP contribution >= 0.6 is 0 Å². The van der Waals surface area contributed by atoms with E-state index < -0.39 is 12.1 Å². The number of rotatable bonds is 4. The molecule has 4 heteroatoms. The highest BCUT2D eigenvalue weighted by molar-refractivity contribution is 5.82. The maximum absolute atomic E-state index is 10.8. The van der Waals surface area contributed by atoms with Crippen molar-refractivity contribution >= 4 is 11.9 Å². The molecule has 4 nitrogen and oxygen atoms in total. The molecule has 0 aliphatic carbocycles. The third kappa shape index (κ3) is 7.05. The van der Waals surface area contributed by atoms with E-state index in [1.165, 1.54) is 19.1 Å². The van der Waals surface area contributed by atoms with E-state index in [0.29, 0.717) is 6.61 Å². The normalized spacial score (nSPS) is 12.5. The summed E-state index contributed by atoms with van der Waals surface area (Å²) in [5, 5.41) is 0. The zero-order chi connectivity index (χ0) is 10.3. The lowest BCUT2D eigenvalue weighted by molar-refractivity contribution is -0.144. The van der Waals surface area contributed by atoms with Crippen molar-refractivity contribution in [3.05, 3.63) is 12.2 Å². The molecule has 0 unspecified atom stereocenters. The van der Waals surface area contributed by atoms with E-state index in [2.05, 4.69) is 4.74 Å². The topological polar surface area (TPSA) is 52.6 Å². The predicted octanol–water partition coefficient (Wildman–Crippen LogP) is 1.06. The zero-order valence-electron chi connectivity index (χ0n) is 8.07. The molecule has 0 aliphatic heterocycles. The van der Waals surface area contributed by atoms with E-state index in [4.69, 9.17) is 4.74 Å². The Morgan fingerprint density at radius 3 is 2.54 bits per heavy atom. The first-order chi connectivity index (χ1) is 6.06. The Hall–Kier alpha value is -1.32. The summed E-state index contributed by atoms with van der Waals surface area (Å²) in [6, 6.07) is 0. The fraction of sp³-hybridized carbons (Fsp3) is 0.556. The van der Waals surface area contributed by atoms with Crippen LogP contribution in [0.3, 0.4) is 0 Å².